The third-order valence-corrected chi connectivity index (χ3v) is 1.19. The molecule has 0 unspecified atom stereocenters. The summed E-state index contributed by atoms with van der Waals surface area (Å²) in [6.45, 7) is 9.30. The summed E-state index contributed by atoms with van der Waals surface area (Å²) in [7, 11) is 1.31. The van der Waals surface area contributed by atoms with Crippen LogP contribution in [0.4, 0.5) is 4.79 Å². The molecule has 0 aliphatic carbocycles. The molecule has 0 aliphatic rings. The Kier molecular flexibility index (Phi) is 4.04. The van der Waals surface area contributed by atoms with E-state index >= 15 is 0 Å². The summed E-state index contributed by atoms with van der Waals surface area (Å²) in [6.07, 6.45) is -0.511. The van der Waals surface area contributed by atoms with E-state index in [9.17, 15) is 4.79 Å². The zero-order valence-corrected chi connectivity index (χ0v) is 9.71. The van der Waals surface area contributed by atoms with E-state index in [1.165, 1.54) is 7.11 Å². The van der Waals surface area contributed by atoms with Crippen LogP contribution < -0.4 is 5.32 Å². The molecule has 0 atom stereocenters. The van der Waals surface area contributed by atoms with Crippen LogP contribution in [0.2, 0.25) is 0 Å². The van der Waals surface area contributed by atoms with Crippen molar-refractivity contribution in [3.05, 3.63) is 0 Å². The second-order valence-electron chi connectivity index (χ2n) is 4.55. The summed E-state index contributed by atoms with van der Waals surface area (Å²) < 4.78 is 4.47. The zero-order valence-electron chi connectivity index (χ0n) is 9.71. The van der Waals surface area contributed by atoms with Crippen molar-refractivity contribution in [3.63, 3.8) is 0 Å². The molecule has 82 valence electrons. The van der Waals surface area contributed by atoms with Gasteiger partial charge in [0, 0.05) is 0 Å². The second-order valence-corrected chi connectivity index (χ2v) is 4.55. The van der Waals surface area contributed by atoms with Crippen LogP contribution in [0.1, 0.15) is 34.6 Å². The molecule has 0 fully saturated rings. The first-order chi connectivity index (χ1) is 6.16. The number of carbonyl (C=O) groups is 1. The number of carbonyl (C=O) groups excluding carboxylic acids is 1. The average molecular weight is 201 g/mol. The van der Waals surface area contributed by atoms with Crippen molar-refractivity contribution in [3.8, 4) is 0 Å². The van der Waals surface area contributed by atoms with Crippen LogP contribution in [-0.4, -0.2) is 24.4 Å². The first-order valence-electron chi connectivity index (χ1n) is 4.46. The van der Waals surface area contributed by atoms with Gasteiger partial charge in [0.25, 0.3) is 0 Å². The molecule has 0 aromatic rings. The molecule has 0 aromatic carbocycles. The van der Waals surface area contributed by atoms with Gasteiger partial charge in [-0.15, -0.1) is 0 Å². The van der Waals surface area contributed by atoms with Crippen LogP contribution in [0, 0.1) is 0 Å². The highest BCUT2D eigenvalue weighted by Gasteiger charge is 2.21. The number of hydrogen-bond acceptors (Lipinski definition) is 4. The average Bonchev–Trinajstić information content (AvgIpc) is 1.99. The van der Waals surface area contributed by atoms with Crippen molar-refractivity contribution in [1.82, 2.24) is 5.32 Å². The van der Waals surface area contributed by atoms with Crippen LogP contribution in [0.15, 0.2) is 10.2 Å². The van der Waals surface area contributed by atoms with Gasteiger partial charge in [-0.2, -0.15) is 10.2 Å². The number of nitrogens with one attached hydrogen (secondary N) is 1. The molecule has 5 heteroatoms. The van der Waals surface area contributed by atoms with Crippen molar-refractivity contribution >= 4 is 6.09 Å². The predicted molar refractivity (Wildman–Crippen MR) is 54.2 cm³/mol. The molecule has 0 rings (SSSR count). The molecule has 0 aliphatic heterocycles. The van der Waals surface area contributed by atoms with Crippen LogP contribution in [-0.2, 0) is 4.74 Å². The van der Waals surface area contributed by atoms with Crippen molar-refractivity contribution < 1.29 is 9.53 Å². The summed E-state index contributed by atoms with van der Waals surface area (Å²) in [5.74, 6) is 0. The highest BCUT2D eigenvalue weighted by Crippen LogP contribution is 2.12. The Balaban J connectivity index is 4.34. The van der Waals surface area contributed by atoms with Crippen molar-refractivity contribution in [2.75, 3.05) is 7.11 Å². The van der Waals surface area contributed by atoms with E-state index in [0.29, 0.717) is 0 Å². The van der Waals surface area contributed by atoms with Gasteiger partial charge in [-0.25, -0.2) is 4.79 Å². The molecule has 5 nitrogen and oxygen atoms in total. The lowest BCUT2D eigenvalue weighted by molar-refractivity contribution is 0.159. The summed E-state index contributed by atoms with van der Waals surface area (Å²) in [4.78, 5) is 10.9. The van der Waals surface area contributed by atoms with E-state index in [1.807, 2.05) is 20.8 Å². The van der Waals surface area contributed by atoms with E-state index in [1.54, 1.807) is 13.8 Å². The molecule has 14 heavy (non-hydrogen) atoms. The fourth-order valence-electron chi connectivity index (χ4n) is 0.601. The summed E-state index contributed by atoms with van der Waals surface area (Å²) in [5, 5.41) is 10.7. The van der Waals surface area contributed by atoms with Crippen LogP contribution in [0.5, 0.6) is 0 Å². The second kappa shape index (κ2) is 4.39. The number of ether oxygens (including phenoxy) is 1. The van der Waals surface area contributed by atoms with Gasteiger partial charge in [-0.05, 0) is 34.6 Å². The number of azo groups is 1. The van der Waals surface area contributed by atoms with Crippen molar-refractivity contribution in [2.24, 2.45) is 10.2 Å². The first-order valence-corrected chi connectivity index (χ1v) is 4.46. The van der Waals surface area contributed by atoms with Crippen LogP contribution in [0.25, 0.3) is 0 Å². The van der Waals surface area contributed by atoms with Crippen LogP contribution >= 0.6 is 0 Å². The van der Waals surface area contributed by atoms with E-state index < -0.39 is 11.8 Å². The topological polar surface area (TPSA) is 63.0 Å². The largest absolute Gasteiger partial charge is 0.453 e. The highest BCUT2D eigenvalue weighted by atomic mass is 16.5. The van der Waals surface area contributed by atoms with Gasteiger partial charge in [0.05, 0.1) is 12.6 Å². The highest BCUT2D eigenvalue weighted by molar-refractivity contribution is 5.67. The van der Waals surface area contributed by atoms with Crippen molar-refractivity contribution in [1.29, 1.82) is 0 Å². The Labute approximate surface area is 84.9 Å². The molecule has 0 spiro atoms. The molecule has 0 saturated carbocycles. The SMILES string of the molecule is COC(=O)NC(C)(C)/N=N/C(C)(C)C. The van der Waals surface area contributed by atoms with E-state index in [-0.39, 0.29) is 5.54 Å². The Bertz CT molecular complexity index is 229. The van der Waals surface area contributed by atoms with Gasteiger partial charge >= 0.3 is 6.09 Å². The predicted octanol–water partition coefficient (Wildman–Crippen LogP) is 2.33. The Morgan fingerprint density at radius 3 is 2.00 bits per heavy atom. The number of nitrogens with zero attached hydrogens (tertiary/aromatic N) is 2. The number of amides is 1. The third kappa shape index (κ3) is 6.39. The number of methoxy groups -OCH3 is 1. The molecule has 0 bridgehead atoms. The number of alkyl carbamates (subject to hydrolysis) is 1. The zero-order chi connectivity index (χ0) is 11.4. The van der Waals surface area contributed by atoms with E-state index in [2.05, 4.69) is 20.3 Å². The fourth-order valence-corrected chi connectivity index (χ4v) is 0.601. The summed E-state index contributed by atoms with van der Waals surface area (Å²) in [5.41, 5.74) is -0.977. The molecule has 0 aromatic heterocycles. The molecule has 1 amide bonds. The normalized spacial score (nSPS) is 13.0. The minimum atomic E-state index is -0.736. The van der Waals surface area contributed by atoms with Gasteiger partial charge in [-0.1, -0.05) is 0 Å². The monoisotopic (exact) mass is 201 g/mol. The maximum Gasteiger partial charge on any atom is 0.408 e. The molecule has 0 radical (unpaired) electrons. The van der Waals surface area contributed by atoms with Gasteiger partial charge in [-0.3, -0.25) is 5.32 Å². The Morgan fingerprint density at radius 2 is 1.64 bits per heavy atom. The van der Waals surface area contributed by atoms with Gasteiger partial charge < -0.3 is 4.74 Å². The number of hydrogen-bond donors (Lipinski definition) is 1. The Hall–Kier alpha value is -1.13. The van der Waals surface area contributed by atoms with Gasteiger partial charge in [0.1, 0.15) is 5.66 Å². The quantitative estimate of drug-likeness (QED) is 0.697. The van der Waals surface area contributed by atoms with Gasteiger partial charge in [0.2, 0.25) is 0 Å². The third-order valence-electron chi connectivity index (χ3n) is 1.19. The molecule has 1 N–H and O–H groups in total. The Morgan fingerprint density at radius 1 is 1.14 bits per heavy atom. The lowest BCUT2D eigenvalue weighted by atomic mass is 10.1. The molecular weight excluding hydrogens is 182 g/mol. The van der Waals surface area contributed by atoms with Crippen LogP contribution in [0.3, 0.4) is 0 Å². The minimum Gasteiger partial charge on any atom is -0.453 e. The fraction of sp³-hybridized carbons (Fsp3) is 0.889. The first kappa shape index (κ1) is 12.9. The standard InChI is InChI=1S/C9H19N3O2/c1-8(2,3)11-12-9(4,5)10-7(13)14-6/h1-6H3,(H,10,13)/b12-11+. The van der Waals surface area contributed by atoms with E-state index in [4.69, 9.17) is 0 Å². The smallest absolute Gasteiger partial charge is 0.408 e. The lowest BCUT2D eigenvalue weighted by Crippen LogP contribution is -2.41. The molecular formula is C9H19N3O2. The molecule has 0 heterocycles. The van der Waals surface area contributed by atoms with Gasteiger partial charge in [0.15, 0.2) is 0 Å². The summed E-state index contributed by atoms with van der Waals surface area (Å²) in [6, 6.07) is 0. The number of rotatable bonds is 2. The lowest BCUT2D eigenvalue weighted by Gasteiger charge is -2.21. The maximum atomic E-state index is 10.9. The minimum absolute atomic E-state index is 0.241. The molecule has 0 saturated heterocycles. The maximum absolute atomic E-state index is 10.9. The van der Waals surface area contributed by atoms with E-state index in [0.717, 1.165) is 0 Å². The summed E-state index contributed by atoms with van der Waals surface area (Å²) >= 11 is 0. The van der Waals surface area contributed by atoms with Crippen molar-refractivity contribution in [2.45, 2.75) is 45.8 Å².